The highest BCUT2D eigenvalue weighted by Gasteiger charge is 2.40. The van der Waals surface area contributed by atoms with E-state index >= 15 is 0 Å². The largest absolute Gasteiger partial charge is 0.462 e. The van der Waals surface area contributed by atoms with Gasteiger partial charge in [-0.2, -0.15) is 5.26 Å². The fourth-order valence-electron chi connectivity index (χ4n) is 13.4. The number of rotatable bonds is 13. The maximum absolute atomic E-state index is 13.8. The predicted octanol–water partition coefficient (Wildman–Crippen LogP) is 13.8. The lowest BCUT2D eigenvalue weighted by molar-refractivity contribution is -0.164. The molecular weight excluding hydrogens is 1020 g/mol. The van der Waals surface area contributed by atoms with E-state index in [1.165, 1.54) is 11.3 Å². The van der Waals surface area contributed by atoms with Gasteiger partial charge in [0.05, 0.1) is 47.1 Å². The number of carbonyl (C=O) groups excluding carboxylic acids is 6. The quantitative estimate of drug-likeness (QED) is 0.0891. The Bertz CT molecular complexity index is 2510. The number of benzene rings is 2. The van der Waals surface area contributed by atoms with Crippen molar-refractivity contribution in [3.05, 3.63) is 42.0 Å². The number of nitriles is 1. The highest BCUT2D eigenvalue weighted by molar-refractivity contribution is 7.22. The number of carbonyl (C=O) groups is 6. The fraction of sp³-hybridized carbons (Fsp3) is 0.688. The van der Waals surface area contributed by atoms with Crippen molar-refractivity contribution in [1.82, 2.24) is 4.98 Å². The molecule has 0 aliphatic heterocycles. The lowest BCUT2D eigenvalue weighted by Gasteiger charge is -2.37. The minimum Gasteiger partial charge on any atom is -0.462 e. The van der Waals surface area contributed by atoms with Gasteiger partial charge < -0.3 is 28.4 Å². The van der Waals surface area contributed by atoms with Crippen LogP contribution in [0.25, 0.3) is 20.8 Å². The Kier molecular flexibility index (Phi) is 18.9. The number of hydrogen-bond donors (Lipinski definition) is 0. The highest BCUT2D eigenvalue weighted by Crippen LogP contribution is 2.45. The molecule has 3 aromatic rings. The summed E-state index contributed by atoms with van der Waals surface area (Å²) in [6.45, 7) is 13.6. The third-order valence-corrected chi connectivity index (χ3v) is 20.0. The van der Waals surface area contributed by atoms with Crippen LogP contribution in [0, 0.1) is 69.5 Å². The zero-order valence-corrected chi connectivity index (χ0v) is 48.4. The molecule has 0 atom stereocenters. The van der Waals surface area contributed by atoms with Crippen molar-refractivity contribution >= 4 is 57.4 Å². The van der Waals surface area contributed by atoms with Gasteiger partial charge in [-0.05, 0) is 201 Å². The number of ether oxygens (including phenoxy) is 6. The van der Waals surface area contributed by atoms with Gasteiger partial charge in [0.1, 0.15) is 39.6 Å². The molecule has 1 aromatic heterocycles. The second-order valence-corrected chi connectivity index (χ2v) is 27.3. The Hall–Kier alpha value is -5.36. The molecule has 0 unspecified atom stereocenters. The number of nitrogens with zero attached hydrogens (tertiary/aromatic N) is 2. The molecule has 6 saturated carbocycles. The van der Waals surface area contributed by atoms with Gasteiger partial charge in [0.25, 0.3) is 0 Å². The van der Waals surface area contributed by atoms with Gasteiger partial charge in [0.15, 0.2) is 11.5 Å². The summed E-state index contributed by atoms with van der Waals surface area (Å²) in [7, 11) is 0. The average molecular weight is 1110 g/mol. The van der Waals surface area contributed by atoms with Crippen LogP contribution in [0.2, 0.25) is 0 Å². The average Bonchev–Trinajstić information content (AvgIpc) is 3.93. The van der Waals surface area contributed by atoms with Gasteiger partial charge in [-0.1, -0.05) is 53.7 Å². The summed E-state index contributed by atoms with van der Waals surface area (Å²) in [6, 6.07) is 12.4. The Morgan fingerprint density at radius 3 is 1.06 bits per heavy atom. The Balaban J connectivity index is 0.724. The number of hydrogen-bond acceptors (Lipinski definition) is 15. The Morgan fingerprint density at radius 2 is 0.734 bits per heavy atom. The molecule has 0 N–H and O–H groups in total. The van der Waals surface area contributed by atoms with Crippen LogP contribution in [0.1, 0.15) is 201 Å². The van der Waals surface area contributed by atoms with E-state index in [4.69, 9.17) is 33.4 Å². The lowest BCUT2D eigenvalue weighted by Crippen LogP contribution is -2.35. The number of thiazole rings is 1. The molecule has 6 fully saturated rings. The molecule has 9 rings (SSSR count). The molecular formula is C64H84N2O12S. The summed E-state index contributed by atoms with van der Waals surface area (Å²) >= 11 is 1.30. The van der Waals surface area contributed by atoms with E-state index in [1.54, 1.807) is 36.4 Å². The zero-order valence-electron chi connectivity index (χ0n) is 47.6. The molecule has 6 aliphatic rings. The molecule has 14 nitrogen and oxygen atoms in total. The molecule has 1 heterocycles. The van der Waals surface area contributed by atoms with Gasteiger partial charge in [0.2, 0.25) is 0 Å². The molecule has 2 aromatic carbocycles. The molecule has 0 saturated heterocycles. The summed E-state index contributed by atoms with van der Waals surface area (Å²) in [6.07, 6.45) is 16.0. The molecule has 15 heteroatoms. The van der Waals surface area contributed by atoms with Crippen LogP contribution in [0.3, 0.4) is 0 Å². The second kappa shape index (κ2) is 25.6. The van der Waals surface area contributed by atoms with Crippen molar-refractivity contribution in [1.29, 1.82) is 5.26 Å². The molecule has 428 valence electrons. The van der Waals surface area contributed by atoms with E-state index in [2.05, 4.69) is 47.6 Å². The van der Waals surface area contributed by atoms with Crippen molar-refractivity contribution in [2.45, 2.75) is 220 Å². The second-order valence-electron chi connectivity index (χ2n) is 26.3. The zero-order chi connectivity index (χ0) is 56.0. The van der Waals surface area contributed by atoms with E-state index in [-0.39, 0.29) is 88.5 Å². The molecule has 0 amide bonds. The van der Waals surface area contributed by atoms with Crippen molar-refractivity contribution in [2.75, 3.05) is 0 Å². The number of esters is 6. The summed E-state index contributed by atoms with van der Waals surface area (Å²) < 4.78 is 36.7. The maximum atomic E-state index is 13.8. The summed E-state index contributed by atoms with van der Waals surface area (Å²) in [5.41, 5.74) is 2.13. The highest BCUT2D eigenvalue weighted by atomic mass is 32.1. The van der Waals surface area contributed by atoms with E-state index in [0.29, 0.717) is 141 Å². The molecule has 0 bridgehead atoms. The van der Waals surface area contributed by atoms with Crippen molar-refractivity contribution in [3.8, 4) is 28.1 Å². The number of aromatic nitrogens is 1. The van der Waals surface area contributed by atoms with Gasteiger partial charge >= 0.3 is 35.8 Å². The standard InChI is InChI=1S/C64H84N2O12S/c1-63(2,3)46-23-11-40(12-24-46)57(67)73-48-27-15-42(16-28-48)59(69)75-50-31-19-44(20-32-50)61(71)77-52-35-36-53(55-54(52)66-56(79-55)39-9-7-38(37-65)8-10-39)78-62(72)45-21-33-51(34-22-45)76-60(70)43-17-29-49(30-18-43)74-58(68)41-13-25-47(26-14-41)64(4,5)6/h7-10,35-36,40-51H,11-34H2,1-6H3. The molecule has 0 radical (unpaired) electrons. The third kappa shape index (κ3) is 15.0. The van der Waals surface area contributed by atoms with Crippen molar-refractivity contribution in [3.63, 3.8) is 0 Å². The first kappa shape index (κ1) is 58.3. The van der Waals surface area contributed by atoms with E-state index < -0.39 is 23.8 Å². The van der Waals surface area contributed by atoms with Gasteiger partial charge in [-0.3, -0.25) is 28.8 Å². The SMILES string of the molecule is CC(C)(C)C1CCC(C(=O)OC2CCC(C(=O)OC3CCC(C(=O)Oc4ccc(OC(=O)C5CCC(OC(=O)C6CCC(OC(=O)C7CCC(C(C)(C)C)CC7)CC6)CC5)c5sc(-c6ccc(C#N)cc6)nc45)CC3)CC2)CC1. The number of fused-ring (bicyclic) bond motifs is 1. The predicted molar refractivity (Wildman–Crippen MR) is 298 cm³/mol. The van der Waals surface area contributed by atoms with E-state index in [1.807, 2.05) is 0 Å². The normalized spacial score (nSPS) is 29.7. The Morgan fingerprint density at radius 1 is 0.430 bits per heavy atom. The van der Waals surface area contributed by atoms with Crippen molar-refractivity contribution in [2.24, 2.45) is 58.2 Å². The minimum atomic E-state index is -0.415. The van der Waals surface area contributed by atoms with Crippen LogP contribution >= 0.6 is 11.3 Å². The van der Waals surface area contributed by atoms with Gasteiger partial charge in [0, 0.05) is 5.56 Å². The van der Waals surface area contributed by atoms with E-state index in [9.17, 15) is 34.0 Å². The van der Waals surface area contributed by atoms with Crippen LogP contribution in [-0.2, 0) is 47.7 Å². The van der Waals surface area contributed by atoms with Crippen LogP contribution in [-0.4, -0.2) is 65.2 Å². The van der Waals surface area contributed by atoms with Crippen LogP contribution in [0.15, 0.2) is 36.4 Å². The van der Waals surface area contributed by atoms with E-state index in [0.717, 1.165) is 56.9 Å². The molecule has 6 aliphatic carbocycles. The van der Waals surface area contributed by atoms with Crippen molar-refractivity contribution < 1.29 is 57.2 Å². The summed E-state index contributed by atoms with van der Waals surface area (Å²) in [4.78, 5) is 85.3. The van der Waals surface area contributed by atoms with Crippen LogP contribution < -0.4 is 9.47 Å². The van der Waals surface area contributed by atoms with Gasteiger partial charge in [-0.15, -0.1) is 11.3 Å². The lowest BCUT2D eigenvalue weighted by atomic mass is 9.70. The minimum absolute atomic E-state index is 0.0315. The first-order valence-electron chi connectivity index (χ1n) is 30.0. The third-order valence-electron chi connectivity index (χ3n) is 18.9. The summed E-state index contributed by atoms with van der Waals surface area (Å²) in [5.74, 6) is -0.966. The van der Waals surface area contributed by atoms with Crippen LogP contribution in [0.5, 0.6) is 11.5 Å². The first-order chi connectivity index (χ1) is 37.8. The first-order valence-corrected chi connectivity index (χ1v) is 30.8. The fourth-order valence-corrected chi connectivity index (χ4v) is 14.5. The van der Waals surface area contributed by atoms with Gasteiger partial charge in [-0.25, -0.2) is 4.98 Å². The monoisotopic (exact) mass is 1100 g/mol. The summed E-state index contributed by atoms with van der Waals surface area (Å²) in [5, 5.41) is 10.0. The topological polar surface area (TPSA) is 194 Å². The maximum Gasteiger partial charge on any atom is 0.314 e. The smallest absolute Gasteiger partial charge is 0.314 e. The van der Waals surface area contributed by atoms with Crippen LogP contribution in [0.4, 0.5) is 0 Å². The molecule has 79 heavy (non-hydrogen) atoms. The molecule has 0 spiro atoms. The Labute approximate surface area is 471 Å².